The maximum Gasteiger partial charge on any atom is 0.259 e. The summed E-state index contributed by atoms with van der Waals surface area (Å²) in [6.45, 7) is 10.1. The average molecular weight is 343 g/mol. The van der Waals surface area contributed by atoms with Crippen LogP contribution in [0.25, 0.3) is 21.7 Å². The molecule has 0 spiro atoms. The largest absolute Gasteiger partial charge is 0.349 e. The van der Waals surface area contributed by atoms with Gasteiger partial charge in [0, 0.05) is 6.04 Å². The molecule has 1 N–H and O–H groups in total. The number of nitrogens with zero attached hydrogens (tertiary/aromatic N) is 2. The second-order valence-corrected chi connectivity index (χ2v) is 7.99. The van der Waals surface area contributed by atoms with Gasteiger partial charge in [0.1, 0.15) is 0 Å². The minimum Gasteiger partial charge on any atom is -0.349 e. The van der Waals surface area contributed by atoms with Crippen LogP contribution in [-0.2, 0) is 0 Å². The van der Waals surface area contributed by atoms with Gasteiger partial charge in [-0.15, -0.1) is 11.3 Å². The van der Waals surface area contributed by atoms with E-state index < -0.39 is 0 Å². The van der Waals surface area contributed by atoms with Gasteiger partial charge >= 0.3 is 0 Å². The third-order valence-electron chi connectivity index (χ3n) is 4.28. The van der Waals surface area contributed by atoms with Crippen LogP contribution < -0.4 is 5.32 Å². The van der Waals surface area contributed by atoms with E-state index in [9.17, 15) is 4.79 Å². The summed E-state index contributed by atoms with van der Waals surface area (Å²) in [5.74, 6) is -0.131. The van der Waals surface area contributed by atoms with E-state index in [1.807, 2.05) is 37.4 Å². The van der Waals surface area contributed by atoms with Gasteiger partial charge in [-0.05, 0) is 36.8 Å². The van der Waals surface area contributed by atoms with Gasteiger partial charge in [0.25, 0.3) is 11.6 Å². The lowest BCUT2D eigenvalue weighted by molar-refractivity contribution is 0.0911. The van der Waals surface area contributed by atoms with Gasteiger partial charge in [-0.3, -0.25) is 4.79 Å². The first-order chi connectivity index (χ1) is 11.3. The summed E-state index contributed by atoms with van der Waals surface area (Å²) >= 11 is 1.57. The molecule has 0 radical (unpaired) electrons. The molecule has 0 aliphatic rings. The molecule has 0 saturated heterocycles. The SMILES string of the molecule is Cc1noc2nc(-c3cccs3)cc(C(=O)N[C@@H](C)C(C)(C)C)c12. The number of nitrogens with one attached hydrogen (secondary N) is 1. The third-order valence-corrected chi connectivity index (χ3v) is 5.17. The highest BCUT2D eigenvalue weighted by Gasteiger charge is 2.25. The molecule has 0 aliphatic carbocycles. The maximum atomic E-state index is 12.9. The Balaban J connectivity index is 2.08. The molecule has 0 bridgehead atoms. The van der Waals surface area contributed by atoms with Crippen molar-refractivity contribution in [2.24, 2.45) is 5.41 Å². The van der Waals surface area contributed by atoms with E-state index >= 15 is 0 Å². The number of hydrogen-bond donors (Lipinski definition) is 1. The highest BCUT2D eigenvalue weighted by molar-refractivity contribution is 7.13. The summed E-state index contributed by atoms with van der Waals surface area (Å²) in [6, 6.07) is 5.78. The van der Waals surface area contributed by atoms with Crippen LogP contribution in [0.2, 0.25) is 0 Å². The molecule has 126 valence electrons. The van der Waals surface area contributed by atoms with Crippen molar-refractivity contribution in [1.29, 1.82) is 0 Å². The lowest BCUT2D eigenvalue weighted by Crippen LogP contribution is -2.41. The summed E-state index contributed by atoms with van der Waals surface area (Å²) in [5.41, 5.74) is 2.32. The fraction of sp³-hybridized carbons (Fsp3) is 0.389. The fourth-order valence-electron chi connectivity index (χ4n) is 2.32. The second kappa shape index (κ2) is 6.02. The Kier molecular flexibility index (Phi) is 4.17. The van der Waals surface area contributed by atoms with Crippen molar-refractivity contribution in [3.63, 3.8) is 0 Å². The van der Waals surface area contributed by atoms with Crippen LogP contribution in [0.4, 0.5) is 0 Å². The van der Waals surface area contributed by atoms with Gasteiger partial charge in [0.2, 0.25) is 0 Å². The van der Waals surface area contributed by atoms with Crippen LogP contribution in [-0.4, -0.2) is 22.1 Å². The number of pyridine rings is 1. The minimum atomic E-state index is -0.131. The van der Waals surface area contributed by atoms with Crippen LogP contribution in [0, 0.1) is 12.3 Å². The zero-order valence-corrected chi connectivity index (χ0v) is 15.3. The first kappa shape index (κ1) is 16.6. The first-order valence-corrected chi connectivity index (χ1v) is 8.77. The third kappa shape index (κ3) is 3.06. The van der Waals surface area contributed by atoms with Gasteiger partial charge in [0.05, 0.1) is 27.2 Å². The fourth-order valence-corrected chi connectivity index (χ4v) is 3.00. The van der Waals surface area contributed by atoms with Crippen LogP contribution in [0.5, 0.6) is 0 Å². The molecule has 0 unspecified atom stereocenters. The summed E-state index contributed by atoms with van der Waals surface area (Å²) in [5, 5.41) is 9.72. The lowest BCUT2D eigenvalue weighted by Gasteiger charge is -2.28. The molecule has 3 heterocycles. The number of fused-ring (bicyclic) bond motifs is 1. The maximum absolute atomic E-state index is 12.9. The van der Waals surface area contributed by atoms with Crippen molar-refractivity contribution < 1.29 is 9.32 Å². The standard InChI is InChI=1S/C18H21N3O2S/c1-10-15-12(16(22)19-11(2)18(3,4)5)9-13(14-7-6-8-24-14)20-17(15)23-21-10/h6-9,11H,1-5H3,(H,19,22)/t11-/m0/s1. The summed E-state index contributed by atoms with van der Waals surface area (Å²) in [4.78, 5) is 18.4. The van der Waals surface area contributed by atoms with Crippen LogP contribution >= 0.6 is 11.3 Å². The molecule has 3 rings (SSSR count). The van der Waals surface area contributed by atoms with Gasteiger partial charge in [-0.25, -0.2) is 4.98 Å². The van der Waals surface area contributed by atoms with E-state index in [0.717, 1.165) is 10.6 Å². The van der Waals surface area contributed by atoms with Gasteiger partial charge < -0.3 is 9.84 Å². The molecule has 0 fully saturated rings. The zero-order chi connectivity index (χ0) is 17.5. The second-order valence-electron chi connectivity index (χ2n) is 7.04. The number of hydrogen-bond acceptors (Lipinski definition) is 5. The molecule has 3 aromatic rings. The average Bonchev–Trinajstić information content (AvgIpc) is 3.15. The van der Waals surface area contributed by atoms with Crippen LogP contribution in [0.3, 0.4) is 0 Å². The normalized spacial score (nSPS) is 13.2. The molecule has 6 heteroatoms. The van der Waals surface area contributed by atoms with E-state index in [1.165, 1.54) is 0 Å². The van der Waals surface area contributed by atoms with Crippen molar-refractivity contribution in [2.75, 3.05) is 0 Å². The van der Waals surface area contributed by atoms with E-state index in [1.54, 1.807) is 11.3 Å². The van der Waals surface area contributed by atoms with Gasteiger partial charge in [0.15, 0.2) is 0 Å². The predicted molar refractivity (Wildman–Crippen MR) is 96.2 cm³/mol. The van der Waals surface area contributed by atoms with E-state index in [-0.39, 0.29) is 17.4 Å². The molecule has 0 aliphatic heterocycles. The Morgan fingerprint density at radius 1 is 1.38 bits per heavy atom. The molecule has 3 aromatic heterocycles. The molecule has 24 heavy (non-hydrogen) atoms. The Bertz CT molecular complexity index is 876. The molecule has 5 nitrogen and oxygen atoms in total. The van der Waals surface area contributed by atoms with Crippen molar-refractivity contribution in [3.05, 3.63) is 34.8 Å². The molecule has 0 saturated carbocycles. The topological polar surface area (TPSA) is 68.0 Å². The number of carbonyl (C=O) groups excluding carboxylic acids is 1. The molecule has 1 atom stereocenters. The molecule has 0 aromatic carbocycles. The summed E-state index contributed by atoms with van der Waals surface area (Å²) in [7, 11) is 0. The number of thiophene rings is 1. The Labute approximate surface area is 145 Å². The Morgan fingerprint density at radius 3 is 2.75 bits per heavy atom. The Hall–Kier alpha value is -2.21. The first-order valence-electron chi connectivity index (χ1n) is 7.89. The zero-order valence-electron chi connectivity index (χ0n) is 14.5. The number of carbonyl (C=O) groups is 1. The summed E-state index contributed by atoms with van der Waals surface area (Å²) < 4.78 is 5.31. The quantitative estimate of drug-likeness (QED) is 0.764. The van der Waals surface area contributed by atoms with Gasteiger partial charge in [-0.2, -0.15) is 0 Å². The number of aryl methyl sites for hydroxylation is 1. The molecule has 1 amide bonds. The number of amides is 1. The van der Waals surface area contributed by atoms with Crippen LogP contribution in [0.15, 0.2) is 28.1 Å². The van der Waals surface area contributed by atoms with Crippen LogP contribution in [0.1, 0.15) is 43.7 Å². The summed E-state index contributed by atoms with van der Waals surface area (Å²) in [6.07, 6.45) is 0. The smallest absolute Gasteiger partial charge is 0.259 e. The minimum absolute atomic E-state index is 0.0257. The van der Waals surface area contributed by atoms with E-state index in [0.29, 0.717) is 22.4 Å². The monoisotopic (exact) mass is 343 g/mol. The number of rotatable bonds is 3. The molecular formula is C18H21N3O2S. The van der Waals surface area contributed by atoms with Crippen molar-refractivity contribution in [3.8, 4) is 10.6 Å². The Morgan fingerprint density at radius 2 is 2.12 bits per heavy atom. The lowest BCUT2D eigenvalue weighted by atomic mass is 9.88. The van der Waals surface area contributed by atoms with Crippen molar-refractivity contribution >= 4 is 28.3 Å². The van der Waals surface area contributed by atoms with Crippen molar-refractivity contribution in [1.82, 2.24) is 15.5 Å². The van der Waals surface area contributed by atoms with E-state index in [4.69, 9.17) is 4.52 Å². The van der Waals surface area contributed by atoms with E-state index in [2.05, 4.69) is 36.2 Å². The molecular weight excluding hydrogens is 322 g/mol. The predicted octanol–water partition coefficient (Wildman–Crippen LogP) is 4.42. The highest BCUT2D eigenvalue weighted by Crippen LogP contribution is 2.29. The number of aromatic nitrogens is 2. The van der Waals surface area contributed by atoms with Crippen molar-refractivity contribution in [2.45, 2.75) is 40.7 Å². The highest BCUT2D eigenvalue weighted by atomic mass is 32.1. The van der Waals surface area contributed by atoms with Gasteiger partial charge in [-0.1, -0.05) is 32.0 Å².